The Kier molecular flexibility index (Phi) is 4.60. The summed E-state index contributed by atoms with van der Waals surface area (Å²) in [6, 6.07) is 6.99. The number of nitrogens with zero attached hydrogens (tertiary/aromatic N) is 2. The molecule has 6 nitrogen and oxygen atoms in total. The number of nitrogens with one attached hydrogen (secondary N) is 2. The summed E-state index contributed by atoms with van der Waals surface area (Å²) >= 11 is 0. The lowest BCUT2D eigenvalue weighted by molar-refractivity contribution is 0.251. The van der Waals surface area contributed by atoms with E-state index in [1.165, 1.54) is 0 Å². The van der Waals surface area contributed by atoms with Crippen LogP contribution in [0.4, 0.5) is 10.5 Å². The van der Waals surface area contributed by atoms with Crippen LogP contribution in [0.5, 0.6) is 5.75 Å². The van der Waals surface area contributed by atoms with Crippen LogP contribution >= 0.6 is 0 Å². The van der Waals surface area contributed by atoms with Crippen molar-refractivity contribution in [2.24, 2.45) is 7.05 Å². The monoisotopic (exact) mass is 274 g/mol. The molecule has 0 spiro atoms. The number of hydrogen-bond acceptors (Lipinski definition) is 3. The van der Waals surface area contributed by atoms with Gasteiger partial charge in [0.1, 0.15) is 5.75 Å². The number of urea groups is 1. The molecule has 2 rings (SSSR count). The number of benzene rings is 1. The van der Waals surface area contributed by atoms with Gasteiger partial charge in [0.2, 0.25) is 0 Å². The maximum Gasteiger partial charge on any atom is 0.319 e. The van der Waals surface area contributed by atoms with Crippen LogP contribution in [0.2, 0.25) is 0 Å². The molecule has 0 aliphatic rings. The fourth-order valence-corrected chi connectivity index (χ4v) is 1.72. The molecule has 0 unspecified atom stereocenters. The Morgan fingerprint density at radius 1 is 1.35 bits per heavy atom. The van der Waals surface area contributed by atoms with E-state index in [1.807, 2.05) is 32.3 Å². The van der Waals surface area contributed by atoms with E-state index in [4.69, 9.17) is 4.74 Å². The molecular formula is C14H18N4O2. The van der Waals surface area contributed by atoms with Crippen LogP contribution in [0, 0.1) is 0 Å². The molecule has 0 aliphatic carbocycles. The van der Waals surface area contributed by atoms with Gasteiger partial charge < -0.3 is 15.4 Å². The van der Waals surface area contributed by atoms with Crippen LogP contribution < -0.4 is 15.4 Å². The van der Waals surface area contributed by atoms with Crippen molar-refractivity contribution in [1.29, 1.82) is 0 Å². The van der Waals surface area contributed by atoms with Crippen LogP contribution in [0.3, 0.4) is 0 Å². The molecule has 1 aromatic heterocycles. The van der Waals surface area contributed by atoms with Crippen molar-refractivity contribution in [3.05, 3.63) is 42.2 Å². The standard InChI is InChI=1S/C14H18N4O2/c1-3-20-13-6-4-12(5-7-13)17-14(19)15-8-11-9-16-18(2)10-11/h4-7,9-10H,3,8H2,1-2H3,(H2,15,17,19). The van der Waals surface area contributed by atoms with E-state index in [0.29, 0.717) is 13.2 Å². The fraction of sp³-hybridized carbons (Fsp3) is 0.286. The molecule has 0 radical (unpaired) electrons. The van der Waals surface area contributed by atoms with Crippen LogP contribution in [-0.2, 0) is 13.6 Å². The Labute approximate surface area is 117 Å². The van der Waals surface area contributed by atoms with Crippen molar-refractivity contribution in [1.82, 2.24) is 15.1 Å². The fourth-order valence-electron chi connectivity index (χ4n) is 1.72. The summed E-state index contributed by atoms with van der Waals surface area (Å²) in [7, 11) is 1.84. The lowest BCUT2D eigenvalue weighted by Crippen LogP contribution is -2.27. The quantitative estimate of drug-likeness (QED) is 0.877. The zero-order valence-electron chi connectivity index (χ0n) is 11.6. The summed E-state index contributed by atoms with van der Waals surface area (Å²) in [6.45, 7) is 2.99. The topological polar surface area (TPSA) is 68.2 Å². The predicted molar refractivity (Wildman–Crippen MR) is 76.7 cm³/mol. The van der Waals surface area contributed by atoms with Crippen molar-refractivity contribution in [2.75, 3.05) is 11.9 Å². The Morgan fingerprint density at radius 2 is 2.10 bits per heavy atom. The van der Waals surface area contributed by atoms with Crippen molar-refractivity contribution in [2.45, 2.75) is 13.5 Å². The minimum Gasteiger partial charge on any atom is -0.494 e. The highest BCUT2D eigenvalue weighted by atomic mass is 16.5. The van der Waals surface area contributed by atoms with Gasteiger partial charge in [0.25, 0.3) is 0 Å². The Bertz CT molecular complexity index is 563. The van der Waals surface area contributed by atoms with Crippen molar-refractivity contribution in [3.8, 4) is 5.75 Å². The molecule has 0 saturated heterocycles. The molecular weight excluding hydrogens is 256 g/mol. The van der Waals surface area contributed by atoms with E-state index in [0.717, 1.165) is 17.0 Å². The number of carbonyl (C=O) groups is 1. The van der Waals surface area contributed by atoms with Gasteiger partial charge in [-0.15, -0.1) is 0 Å². The second-order valence-electron chi connectivity index (χ2n) is 4.29. The second-order valence-corrected chi connectivity index (χ2v) is 4.29. The minimum absolute atomic E-state index is 0.252. The highest BCUT2D eigenvalue weighted by molar-refractivity contribution is 5.89. The molecule has 0 fully saturated rings. The van der Waals surface area contributed by atoms with Crippen molar-refractivity contribution >= 4 is 11.7 Å². The molecule has 2 N–H and O–H groups in total. The molecule has 0 saturated carbocycles. The van der Waals surface area contributed by atoms with Crippen LogP contribution in [0.15, 0.2) is 36.7 Å². The Hall–Kier alpha value is -2.50. The molecule has 0 bridgehead atoms. The first kappa shape index (κ1) is 13.9. The molecule has 106 valence electrons. The average Bonchev–Trinajstić information content (AvgIpc) is 2.85. The summed E-state index contributed by atoms with van der Waals surface area (Å²) < 4.78 is 7.03. The number of amides is 2. The predicted octanol–water partition coefficient (Wildman–Crippen LogP) is 2.14. The van der Waals surface area contributed by atoms with E-state index < -0.39 is 0 Å². The van der Waals surface area contributed by atoms with Gasteiger partial charge >= 0.3 is 6.03 Å². The lowest BCUT2D eigenvalue weighted by atomic mass is 10.3. The van der Waals surface area contributed by atoms with Gasteiger partial charge in [0.15, 0.2) is 0 Å². The van der Waals surface area contributed by atoms with Crippen molar-refractivity contribution < 1.29 is 9.53 Å². The smallest absolute Gasteiger partial charge is 0.319 e. The van der Waals surface area contributed by atoms with E-state index >= 15 is 0 Å². The van der Waals surface area contributed by atoms with Crippen molar-refractivity contribution in [3.63, 3.8) is 0 Å². The summed E-state index contributed by atoms with van der Waals surface area (Å²) in [6.07, 6.45) is 3.58. The summed E-state index contributed by atoms with van der Waals surface area (Å²) in [4.78, 5) is 11.7. The van der Waals surface area contributed by atoms with Gasteiger partial charge in [-0.05, 0) is 31.2 Å². The van der Waals surface area contributed by atoms with E-state index in [2.05, 4.69) is 15.7 Å². The molecule has 2 aromatic rings. The first-order valence-corrected chi connectivity index (χ1v) is 6.42. The minimum atomic E-state index is -0.252. The van der Waals surface area contributed by atoms with E-state index in [-0.39, 0.29) is 6.03 Å². The number of aromatic nitrogens is 2. The van der Waals surface area contributed by atoms with E-state index in [9.17, 15) is 4.79 Å². The Balaban J connectivity index is 1.81. The number of aryl methyl sites for hydroxylation is 1. The normalized spacial score (nSPS) is 10.1. The number of anilines is 1. The first-order chi connectivity index (χ1) is 9.67. The van der Waals surface area contributed by atoms with Gasteiger partial charge in [0, 0.05) is 31.0 Å². The summed E-state index contributed by atoms with van der Waals surface area (Å²) in [5.74, 6) is 0.786. The maximum absolute atomic E-state index is 11.7. The number of carbonyl (C=O) groups excluding carboxylic acids is 1. The van der Waals surface area contributed by atoms with Gasteiger partial charge in [-0.2, -0.15) is 5.10 Å². The molecule has 2 amide bonds. The number of rotatable bonds is 5. The van der Waals surface area contributed by atoms with Gasteiger partial charge in [0.05, 0.1) is 12.8 Å². The number of ether oxygens (including phenoxy) is 1. The van der Waals surface area contributed by atoms with Gasteiger partial charge in [-0.1, -0.05) is 0 Å². The molecule has 20 heavy (non-hydrogen) atoms. The third-order valence-electron chi connectivity index (χ3n) is 2.63. The van der Waals surface area contributed by atoms with Gasteiger partial charge in [-0.3, -0.25) is 4.68 Å². The van der Waals surface area contributed by atoms with Crippen LogP contribution in [-0.4, -0.2) is 22.4 Å². The first-order valence-electron chi connectivity index (χ1n) is 6.42. The average molecular weight is 274 g/mol. The summed E-state index contributed by atoms with van der Waals surface area (Å²) in [5, 5.41) is 9.56. The highest BCUT2D eigenvalue weighted by Crippen LogP contribution is 2.15. The third kappa shape index (κ3) is 4.01. The van der Waals surface area contributed by atoms with Crippen LogP contribution in [0.25, 0.3) is 0 Å². The highest BCUT2D eigenvalue weighted by Gasteiger charge is 2.03. The molecule has 0 atom stereocenters. The number of hydrogen-bond donors (Lipinski definition) is 2. The molecule has 0 aliphatic heterocycles. The Morgan fingerprint density at radius 3 is 2.70 bits per heavy atom. The molecule has 1 aromatic carbocycles. The zero-order valence-corrected chi connectivity index (χ0v) is 11.6. The lowest BCUT2D eigenvalue weighted by Gasteiger charge is -2.08. The van der Waals surface area contributed by atoms with Crippen LogP contribution in [0.1, 0.15) is 12.5 Å². The molecule has 6 heteroatoms. The maximum atomic E-state index is 11.7. The SMILES string of the molecule is CCOc1ccc(NC(=O)NCc2cnn(C)c2)cc1. The zero-order chi connectivity index (χ0) is 14.4. The molecule has 1 heterocycles. The van der Waals surface area contributed by atoms with E-state index in [1.54, 1.807) is 23.0 Å². The summed E-state index contributed by atoms with van der Waals surface area (Å²) in [5.41, 5.74) is 1.67. The largest absolute Gasteiger partial charge is 0.494 e. The second kappa shape index (κ2) is 6.60. The van der Waals surface area contributed by atoms with Gasteiger partial charge in [-0.25, -0.2) is 4.79 Å². The third-order valence-corrected chi connectivity index (χ3v) is 2.63.